The summed E-state index contributed by atoms with van der Waals surface area (Å²) in [5, 5.41) is 8.03. The Labute approximate surface area is 85.0 Å². The van der Waals surface area contributed by atoms with Crippen LogP contribution in [0, 0.1) is 5.41 Å². The zero-order chi connectivity index (χ0) is 9.97. The fourth-order valence-electron chi connectivity index (χ4n) is 1.01. The molecule has 3 N–H and O–H groups in total. The quantitative estimate of drug-likeness (QED) is 0.574. The molecule has 0 spiro atoms. The Morgan fingerprint density at radius 1 is 1.36 bits per heavy atom. The number of rotatable bonds is 2. The maximum atomic E-state index is 7.24. The topological polar surface area (TPSA) is 75.7 Å². The van der Waals surface area contributed by atoms with Gasteiger partial charge < -0.3 is 5.73 Å². The van der Waals surface area contributed by atoms with Crippen molar-refractivity contribution in [2.75, 3.05) is 0 Å². The average Bonchev–Trinajstić information content (AvgIpc) is 2.68. The summed E-state index contributed by atoms with van der Waals surface area (Å²) >= 11 is 1.37. The molecule has 0 amide bonds. The molecule has 0 unspecified atom stereocenters. The molecular formula is C9H8N4S. The Hall–Kier alpha value is -1.75. The molecule has 0 saturated heterocycles. The highest BCUT2D eigenvalue weighted by atomic mass is 32.1. The number of thiazole rings is 1. The zero-order valence-corrected chi connectivity index (χ0v) is 8.08. The Kier molecular flexibility index (Phi) is 2.24. The summed E-state index contributed by atoms with van der Waals surface area (Å²) in [6, 6.07) is 5.63. The number of nitrogens with zero attached hydrogens (tertiary/aromatic N) is 2. The van der Waals surface area contributed by atoms with Crippen LogP contribution in [0.5, 0.6) is 0 Å². The highest BCUT2D eigenvalue weighted by molar-refractivity contribution is 7.16. The minimum Gasteiger partial charge on any atom is -0.383 e. The maximum absolute atomic E-state index is 7.24. The van der Waals surface area contributed by atoms with Crippen molar-refractivity contribution in [3.8, 4) is 10.7 Å². The van der Waals surface area contributed by atoms with Crippen molar-refractivity contribution in [1.82, 2.24) is 9.97 Å². The van der Waals surface area contributed by atoms with E-state index in [4.69, 9.17) is 11.1 Å². The van der Waals surface area contributed by atoms with Crippen LogP contribution in [0.25, 0.3) is 10.7 Å². The van der Waals surface area contributed by atoms with E-state index in [1.807, 2.05) is 18.2 Å². The van der Waals surface area contributed by atoms with Crippen molar-refractivity contribution in [3.63, 3.8) is 0 Å². The van der Waals surface area contributed by atoms with Gasteiger partial charge in [0.05, 0.1) is 10.6 Å². The fourth-order valence-corrected chi connectivity index (χ4v) is 1.76. The van der Waals surface area contributed by atoms with E-state index in [2.05, 4.69) is 9.97 Å². The van der Waals surface area contributed by atoms with Gasteiger partial charge in [-0.2, -0.15) is 0 Å². The highest BCUT2D eigenvalue weighted by Crippen LogP contribution is 2.22. The molecule has 2 heterocycles. The fraction of sp³-hybridized carbons (Fsp3) is 0. The van der Waals surface area contributed by atoms with E-state index in [0.717, 1.165) is 10.7 Å². The van der Waals surface area contributed by atoms with Crippen molar-refractivity contribution in [3.05, 3.63) is 35.5 Å². The van der Waals surface area contributed by atoms with Gasteiger partial charge in [-0.3, -0.25) is 10.4 Å². The Morgan fingerprint density at radius 2 is 2.21 bits per heavy atom. The lowest BCUT2D eigenvalue weighted by Crippen LogP contribution is -2.08. The molecule has 2 aromatic rings. The van der Waals surface area contributed by atoms with Gasteiger partial charge in [-0.05, 0) is 12.1 Å². The third kappa shape index (κ3) is 1.62. The van der Waals surface area contributed by atoms with E-state index < -0.39 is 0 Å². The number of hydrogen-bond donors (Lipinski definition) is 2. The van der Waals surface area contributed by atoms with E-state index in [1.54, 1.807) is 12.4 Å². The Bertz CT molecular complexity index is 449. The van der Waals surface area contributed by atoms with Crippen LogP contribution in [0.2, 0.25) is 0 Å². The highest BCUT2D eigenvalue weighted by Gasteiger charge is 2.06. The van der Waals surface area contributed by atoms with Crippen LogP contribution in [0.3, 0.4) is 0 Å². The first-order valence-electron chi connectivity index (χ1n) is 3.99. The van der Waals surface area contributed by atoms with Gasteiger partial charge in [0.1, 0.15) is 10.8 Å². The van der Waals surface area contributed by atoms with Gasteiger partial charge >= 0.3 is 0 Å². The second-order valence-electron chi connectivity index (χ2n) is 2.66. The van der Waals surface area contributed by atoms with Gasteiger partial charge in [0.15, 0.2) is 0 Å². The molecule has 4 nitrogen and oxygen atoms in total. The average molecular weight is 204 g/mol. The third-order valence-electron chi connectivity index (χ3n) is 1.66. The van der Waals surface area contributed by atoms with E-state index in [1.165, 1.54) is 11.3 Å². The SMILES string of the molecule is N=C(N)c1cnc(-c2ccccn2)s1. The van der Waals surface area contributed by atoms with E-state index >= 15 is 0 Å². The number of aromatic nitrogens is 2. The summed E-state index contributed by atoms with van der Waals surface area (Å²) in [6.45, 7) is 0. The number of amidine groups is 1. The van der Waals surface area contributed by atoms with Gasteiger partial charge in [0.2, 0.25) is 0 Å². The van der Waals surface area contributed by atoms with Crippen LogP contribution in [-0.4, -0.2) is 15.8 Å². The predicted octanol–water partition coefficient (Wildman–Crippen LogP) is 1.49. The summed E-state index contributed by atoms with van der Waals surface area (Å²) in [5.74, 6) is 0.0460. The van der Waals surface area contributed by atoms with Crippen molar-refractivity contribution < 1.29 is 0 Å². The molecule has 0 aliphatic carbocycles. The molecular weight excluding hydrogens is 196 g/mol. The lowest BCUT2D eigenvalue weighted by Gasteiger charge is -1.91. The van der Waals surface area contributed by atoms with E-state index in [9.17, 15) is 0 Å². The zero-order valence-electron chi connectivity index (χ0n) is 7.27. The van der Waals surface area contributed by atoms with Crippen molar-refractivity contribution >= 4 is 17.2 Å². The maximum Gasteiger partial charge on any atom is 0.142 e. The van der Waals surface area contributed by atoms with E-state index in [-0.39, 0.29) is 5.84 Å². The third-order valence-corrected chi connectivity index (χ3v) is 2.71. The van der Waals surface area contributed by atoms with Crippen LogP contribution in [0.1, 0.15) is 4.88 Å². The smallest absolute Gasteiger partial charge is 0.142 e. The number of hydrogen-bond acceptors (Lipinski definition) is 4. The second kappa shape index (κ2) is 3.55. The molecule has 0 radical (unpaired) electrons. The largest absolute Gasteiger partial charge is 0.383 e. The Morgan fingerprint density at radius 3 is 2.79 bits per heavy atom. The van der Waals surface area contributed by atoms with Crippen molar-refractivity contribution in [2.24, 2.45) is 5.73 Å². The van der Waals surface area contributed by atoms with Gasteiger partial charge in [-0.25, -0.2) is 4.98 Å². The lowest BCUT2D eigenvalue weighted by molar-refractivity contribution is 1.29. The molecule has 2 rings (SSSR count). The first-order chi connectivity index (χ1) is 6.77. The van der Waals surface area contributed by atoms with E-state index in [0.29, 0.717) is 4.88 Å². The minimum atomic E-state index is 0.0460. The molecule has 0 atom stereocenters. The molecule has 0 bridgehead atoms. The van der Waals surface area contributed by atoms with Gasteiger partial charge in [0, 0.05) is 12.4 Å². The van der Waals surface area contributed by atoms with Crippen LogP contribution < -0.4 is 5.73 Å². The summed E-state index contributed by atoms with van der Waals surface area (Å²) in [4.78, 5) is 8.97. The van der Waals surface area contributed by atoms with Gasteiger partial charge in [-0.1, -0.05) is 6.07 Å². The molecule has 5 heteroatoms. The molecule has 2 aromatic heterocycles. The van der Waals surface area contributed by atoms with Gasteiger partial charge in [-0.15, -0.1) is 11.3 Å². The molecule has 0 fully saturated rings. The standard InChI is InChI=1S/C9H8N4S/c10-8(11)7-5-13-9(14-7)6-3-1-2-4-12-6/h1-5H,(H3,10,11). The molecule has 0 aliphatic heterocycles. The second-order valence-corrected chi connectivity index (χ2v) is 3.69. The first-order valence-corrected chi connectivity index (χ1v) is 4.80. The summed E-state index contributed by atoms with van der Waals surface area (Å²) < 4.78 is 0. The number of nitrogen functional groups attached to an aromatic ring is 1. The first kappa shape index (κ1) is 8.83. The molecule has 0 saturated carbocycles. The minimum absolute atomic E-state index is 0.0460. The molecule has 14 heavy (non-hydrogen) atoms. The molecule has 0 aromatic carbocycles. The predicted molar refractivity (Wildman–Crippen MR) is 56.4 cm³/mol. The summed E-state index contributed by atoms with van der Waals surface area (Å²) in [5.41, 5.74) is 6.15. The van der Waals surface area contributed by atoms with Crippen molar-refractivity contribution in [1.29, 1.82) is 5.41 Å². The normalized spacial score (nSPS) is 10.0. The van der Waals surface area contributed by atoms with Crippen LogP contribution in [0.15, 0.2) is 30.6 Å². The lowest BCUT2D eigenvalue weighted by atomic mass is 10.4. The molecule has 70 valence electrons. The van der Waals surface area contributed by atoms with Crippen LogP contribution in [0.4, 0.5) is 0 Å². The van der Waals surface area contributed by atoms with Crippen LogP contribution in [-0.2, 0) is 0 Å². The monoisotopic (exact) mass is 204 g/mol. The number of nitrogens with one attached hydrogen (secondary N) is 1. The molecule has 0 aliphatic rings. The van der Waals surface area contributed by atoms with Gasteiger partial charge in [0.25, 0.3) is 0 Å². The number of nitrogens with two attached hydrogens (primary N) is 1. The van der Waals surface area contributed by atoms with Crippen LogP contribution >= 0.6 is 11.3 Å². The van der Waals surface area contributed by atoms with Crippen molar-refractivity contribution in [2.45, 2.75) is 0 Å². The summed E-state index contributed by atoms with van der Waals surface area (Å²) in [6.07, 6.45) is 3.31. The summed E-state index contributed by atoms with van der Waals surface area (Å²) in [7, 11) is 0. The Balaban J connectivity index is 2.39. The number of pyridine rings is 1.